The van der Waals surface area contributed by atoms with Crippen LogP contribution in [0.3, 0.4) is 0 Å². The number of nitrogen functional groups attached to an aromatic ring is 1. The molecule has 2 aromatic rings. The molecular weight excluding hydrogens is 242 g/mol. The van der Waals surface area contributed by atoms with Crippen LogP contribution in [0, 0.1) is 6.92 Å². The van der Waals surface area contributed by atoms with Gasteiger partial charge in [0, 0.05) is 12.6 Å². The molecular formula is C13H15N5O. The van der Waals surface area contributed by atoms with Gasteiger partial charge in [0.25, 0.3) is 5.91 Å². The molecule has 0 radical (unpaired) electrons. The lowest BCUT2D eigenvalue weighted by atomic mass is 10.1. The first-order valence-corrected chi connectivity index (χ1v) is 5.78. The van der Waals surface area contributed by atoms with Crippen molar-refractivity contribution in [2.45, 2.75) is 6.92 Å². The first-order chi connectivity index (χ1) is 9.10. The summed E-state index contributed by atoms with van der Waals surface area (Å²) >= 11 is 0. The number of anilines is 1. The Kier molecular flexibility index (Phi) is 3.61. The van der Waals surface area contributed by atoms with Gasteiger partial charge >= 0.3 is 0 Å². The van der Waals surface area contributed by atoms with Gasteiger partial charge in [-0.2, -0.15) is 5.10 Å². The van der Waals surface area contributed by atoms with Gasteiger partial charge in [0.15, 0.2) is 0 Å². The van der Waals surface area contributed by atoms with E-state index in [1.807, 2.05) is 19.1 Å². The van der Waals surface area contributed by atoms with Crippen LogP contribution in [0.5, 0.6) is 0 Å². The number of aromatic nitrogens is 2. The normalized spacial score (nSPS) is 10.8. The summed E-state index contributed by atoms with van der Waals surface area (Å²) < 4.78 is 1.50. The molecule has 0 unspecified atom stereocenters. The number of carbonyl (C=O) groups is 1. The van der Waals surface area contributed by atoms with E-state index in [4.69, 9.17) is 5.73 Å². The number of nitrogens with one attached hydrogen (secondary N) is 1. The molecule has 1 aromatic carbocycles. The van der Waals surface area contributed by atoms with E-state index in [0.29, 0.717) is 11.5 Å². The van der Waals surface area contributed by atoms with E-state index in [2.05, 4.69) is 15.4 Å². The molecule has 0 atom stereocenters. The predicted molar refractivity (Wildman–Crippen MR) is 74.2 cm³/mol. The molecule has 0 bridgehead atoms. The van der Waals surface area contributed by atoms with Crippen LogP contribution in [-0.2, 0) is 0 Å². The Labute approximate surface area is 111 Å². The molecule has 0 fully saturated rings. The number of imidazole rings is 1. The summed E-state index contributed by atoms with van der Waals surface area (Å²) in [5.74, 6) is 0.230. The average molecular weight is 257 g/mol. The lowest BCUT2D eigenvalue weighted by Gasteiger charge is -2.00. The predicted octanol–water partition coefficient (Wildman–Crippen LogP) is 1.02. The van der Waals surface area contributed by atoms with Crippen LogP contribution < -0.4 is 11.1 Å². The quantitative estimate of drug-likeness (QED) is 0.805. The summed E-state index contributed by atoms with van der Waals surface area (Å²) in [5.41, 5.74) is 7.96. The maximum atomic E-state index is 11.4. The molecule has 1 amide bonds. The number of hydrogen-bond donors (Lipinski definition) is 2. The van der Waals surface area contributed by atoms with Crippen molar-refractivity contribution in [2.24, 2.45) is 5.10 Å². The van der Waals surface area contributed by atoms with Gasteiger partial charge in [-0.15, -0.1) is 0 Å². The van der Waals surface area contributed by atoms with E-state index in [-0.39, 0.29) is 5.91 Å². The number of nitrogens with two attached hydrogens (primary N) is 1. The Bertz CT molecular complexity index is 612. The minimum absolute atomic E-state index is 0.113. The molecule has 6 heteroatoms. The molecule has 0 saturated heterocycles. The van der Waals surface area contributed by atoms with Crippen molar-refractivity contribution in [3.8, 4) is 0 Å². The van der Waals surface area contributed by atoms with Crippen LogP contribution in [0.15, 0.2) is 35.6 Å². The monoisotopic (exact) mass is 257 g/mol. The molecule has 1 heterocycles. The zero-order chi connectivity index (χ0) is 13.8. The second-order valence-electron chi connectivity index (χ2n) is 4.03. The fraction of sp³-hybridized carbons (Fsp3) is 0.154. The number of aryl methyl sites for hydroxylation is 1. The van der Waals surface area contributed by atoms with Crippen LogP contribution >= 0.6 is 0 Å². The van der Waals surface area contributed by atoms with Gasteiger partial charge in [0.05, 0.1) is 18.1 Å². The molecule has 0 aliphatic rings. The highest BCUT2D eigenvalue weighted by atomic mass is 16.1. The molecule has 1 aromatic heterocycles. The third-order valence-electron chi connectivity index (χ3n) is 2.57. The highest BCUT2D eigenvalue weighted by Gasteiger charge is 2.01. The maximum Gasteiger partial charge on any atom is 0.251 e. The van der Waals surface area contributed by atoms with Crippen molar-refractivity contribution in [1.29, 1.82) is 0 Å². The molecule has 19 heavy (non-hydrogen) atoms. The number of benzene rings is 1. The number of amides is 1. The SMILES string of the molecule is CNC(=O)c1ccc(C=Nn2cc(C)nc2N)cc1. The third-order valence-corrected chi connectivity index (χ3v) is 2.57. The maximum absolute atomic E-state index is 11.4. The summed E-state index contributed by atoms with van der Waals surface area (Å²) in [6.45, 7) is 1.85. The molecule has 6 nitrogen and oxygen atoms in total. The van der Waals surface area contributed by atoms with Gasteiger partial charge in [0.2, 0.25) is 5.95 Å². The van der Waals surface area contributed by atoms with Crippen molar-refractivity contribution >= 4 is 18.1 Å². The highest BCUT2D eigenvalue weighted by Crippen LogP contribution is 2.05. The van der Waals surface area contributed by atoms with Crippen molar-refractivity contribution in [3.05, 3.63) is 47.3 Å². The minimum Gasteiger partial charge on any atom is -0.368 e. The number of hydrogen-bond acceptors (Lipinski definition) is 4. The first-order valence-electron chi connectivity index (χ1n) is 5.78. The fourth-order valence-corrected chi connectivity index (χ4v) is 1.59. The highest BCUT2D eigenvalue weighted by molar-refractivity contribution is 5.94. The third kappa shape index (κ3) is 2.98. The smallest absolute Gasteiger partial charge is 0.251 e. The van der Waals surface area contributed by atoms with Crippen molar-refractivity contribution < 1.29 is 4.79 Å². The topological polar surface area (TPSA) is 85.3 Å². The van der Waals surface area contributed by atoms with E-state index in [1.54, 1.807) is 31.6 Å². The van der Waals surface area contributed by atoms with E-state index in [0.717, 1.165) is 11.3 Å². The average Bonchev–Trinajstić information content (AvgIpc) is 2.74. The molecule has 2 rings (SSSR count). The standard InChI is InChI=1S/C13H15N5O/c1-9-8-18(13(14)17-9)16-7-10-3-5-11(6-4-10)12(19)15-2/h3-8H,1-2H3,(H2,14,17)(H,15,19). The molecule has 3 N–H and O–H groups in total. The summed E-state index contributed by atoms with van der Waals surface area (Å²) in [7, 11) is 1.60. The summed E-state index contributed by atoms with van der Waals surface area (Å²) in [6.07, 6.45) is 3.40. The lowest BCUT2D eigenvalue weighted by Crippen LogP contribution is -2.17. The van der Waals surface area contributed by atoms with E-state index >= 15 is 0 Å². The minimum atomic E-state index is -0.113. The Morgan fingerprint density at radius 2 is 2.11 bits per heavy atom. The Hall–Kier alpha value is -2.63. The fourth-order valence-electron chi connectivity index (χ4n) is 1.59. The summed E-state index contributed by atoms with van der Waals surface area (Å²) in [5, 5.41) is 6.76. The van der Waals surface area contributed by atoms with Crippen LogP contribution in [-0.4, -0.2) is 28.8 Å². The van der Waals surface area contributed by atoms with E-state index < -0.39 is 0 Å². The van der Waals surface area contributed by atoms with Gasteiger partial charge in [-0.1, -0.05) is 12.1 Å². The van der Waals surface area contributed by atoms with Crippen molar-refractivity contribution in [1.82, 2.24) is 15.0 Å². The first kappa shape index (κ1) is 12.8. The number of rotatable bonds is 3. The molecule has 0 aliphatic heterocycles. The second-order valence-corrected chi connectivity index (χ2v) is 4.03. The van der Waals surface area contributed by atoms with Gasteiger partial charge in [-0.05, 0) is 24.6 Å². The molecule has 0 aliphatic carbocycles. The zero-order valence-corrected chi connectivity index (χ0v) is 10.8. The van der Waals surface area contributed by atoms with Crippen molar-refractivity contribution in [3.63, 3.8) is 0 Å². The lowest BCUT2D eigenvalue weighted by molar-refractivity contribution is 0.0963. The Morgan fingerprint density at radius 1 is 1.42 bits per heavy atom. The molecule has 0 spiro atoms. The number of nitrogens with zero attached hydrogens (tertiary/aromatic N) is 3. The van der Waals surface area contributed by atoms with Gasteiger partial charge in [-0.25, -0.2) is 9.66 Å². The van der Waals surface area contributed by atoms with E-state index in [1.165, 1.54) is 4.68 Å². The van der Waals surface area contributed by atoms with E-state index in [9.17, 15) is 4.79 Å². The molecule has 0 saturated carbocycles. The van der Waals surface area contributed by atoms with Gasteiger partial charge < -0.3 is 11.1 Å². The second kappa shape index (κ2) is 5.34. The Morgan fingerprint density at radius 3 is 2.63 bits per heavy atom. The van der Waals surface area contributed by atoms with Gasteiger partial charge in [-0.3, -0.25) is 4.79 Å². The number of carbonyl (C=O) groups excluding carboxylic acids is 1. The summed E-state index contributed by atoms with van der Waals surface area (Å²) in [6, 6.07) is 7.10. The van der Waals surface area contributed by atoms with Crippen molar-refractivity contribution in [2.75, 3.05) is 12.8 Å². The van der Waals surface area contributed by atoms with Crippen LogP contribution in [0.4, 0.5) is 5.95 Å². The largest absolute Gasteiger partial charge is 0.368 e. The summed E-state index contributed by atoms with van der Waals surface area (Å²) in [4.78, 5) is 15.4. The van der Waals surface area contributed by atoms with Crippen LogP contribution in [0.25, 0.3) is 0 Å². The zero-order valence-electron chi connectivity index (χ0n) is 10.8. The van der Waals surface area contributed by atoms with Gasteiger partial charge in [0.1, 0.15) is 0 Å². The van der Waals surface area contributed by atoms with Crippen LogP contribution in [0.1, 0.15) is 21.6 Å². The van der Waals surface area contributed by atoms with Crippen LogP contribution in [0.2, 0.25) is 0 Å². The molecule has 98 valence electrons. The Balaban J connectivity index is 2.15.